The molecule has 1 N–H and O–H groups in total. The van der Waals surface area contributed by atoms with Crippen LogP contribution in [0.1, 0.15) is 62.3 Å². The summed E-state index contributed by atoms with van der Waals surface area (Å²) in [5.74, 6) is 1.50. The van der Waals surface area contributed by atoms with Crippen molar-refractivity contribution in [2.75, 3.05) is 6.54 Å². The Morgan fingerprint density at radius 2 is 1.70 bits per heavy atom. The van der Waals surface area contributed by atoms with E-state index < -0.39 is 0 Å². The predicted molar refractivity (Wildman–Crippen MR) is 83.4 cm³/mol. The quantitative estimate of drug-likeness (QED) is 0.823. The molecule has 0 spiro atoms. The predicted octanol–water partition coefficient (Wildman–Crippen LogP) is 4.92. The second-order valence-corrected chi connectivity index (χ2v) is 6.52. The van der Waals surface area contributed by atoms with Crippen LogP contribution in [0.15, 0.2) is 12.1 Å². The molecule has 1 aliphatic carbocycles. The van der Waals surface area contributed by atoms with Gasteiger partial charge in [-0.05, 0) is 61.8 Å². The molecule has 2 rings (SSSR count). The largest absolute Gasteiger partial charge is 0.310 e. The van der Waals surface area contributed by atoms with E-state index in [-0.39, 0.29) is 5.82 Å². The van der Waals surface area contributed by atoms with E-state index in [1.54, 1.807) is 0 Å². The van der Waals surface area contributed by atoms with Crippen molar-refractivity contribution >= 4 is 0 Å². The Kier molecular flexibility index (Phi) is 5.20. The van der Waals surface area contributed by atoms with Crippen LogP contribution < -0.4 is 5.32 Å². The van der Waals surface area contributed by atoms with Gasteiger partial charge in [0, 0.05) is 6.04 Å². The molecule has 1 saturated carbocycles. The van der Waals surface area contributed by atoms with Crippen molar-refractivity contribution in [3.05, 3.63) is 34.6 Å². The van der Waals surface area contributed by atoms with Crippen molar-refractivity contribution in [2.45, 2.75) is 59.4 Å². The minimum absolute atomic E-state index is 0.0544. The van der Waals surface area contributed by atoms with Crippen LogP contribution >= 0.6 is 0 Å². The van der Waals surface area contributed by atoms with Gasteiger partial charge >= 0.3 is 0 Å². The lowest BCUT2D eigenvalue weighted by Crippen LogP contribution is -2.31. The Hall–Kier alpha value is -0.890. The second kappa shape index (κ2) is 6.71. The highest BCUT2D eigenvalue weighted by molar-refractivity contribution is 5.32. The van der Waals surface area contributed by atoms with E-state index in [4.69, 9.17) is 0 Å². The molecule has 1 aromatic carbocycles. The summed E-state index contributed by atoms with van der Waals surface area (Å²) in [7, 11) is 0. The van der Waals surface area contributed by atoms with Gasteiger partial charge in [-0.25, -0.2) is 4.39 Å². The van der Waals surface area contributed by atoms with Crippen molar-refractivity contribution < 1.29 is 4.39 Å². The Labute approximate surface area is 123 Å². The average molecular weight is 277 g/mol. The highest BCUT2D eigenvalue weighted by Crippen LogP contribution is 2.37. The standard InChI is InChI=1S/C18H28FN/c1-5-20-18(15-8-6-12(2)7-9-15)16-10-13(3)17(19)14(4)11-16/h10-12,15,18,20H,5-9H2,1-4H3. The highest BCUT2D eigenvalue weighted by Gasteiger charge is 2.27. The van der Waals surface area contributed by atoms with E-state index in [2.05, 4.69) is 19.2 Å². The molecule has 2 heteroatoms. The van der Waals surface area contributed by atoms with Crippen LogP contribution in [0.2, 0.25) is 0 Å². The summed E-state index contributed by atoms with van der Waals surface area (Å²) in [5.41, 5.74) is 2.81. The van der Waals surface area contributed by atoms with Gasteiger partial charge in [-0.3, -0.25) is 0 Å². The number of hydrogen-bond acceptors (Lipinski definition) is 1. The molecule has 1 fully saturated rings. The van der Waals surface area contributed by atoms with Gasteiger partial charge in [0.05, 0.1) is 0 Å². The third-order valence-corrected chi connectivity index (χ3v) is 4.77. The fraction of sp³-hybridized carbons (Fsp3) is 0.667. The maximum absolute atomic E-state index is 13.8. The highest BCUT2D eigenvalue weighted by atomic mass is 19.1. The van der Waals surface area contributed by atoms with Crippen molar-refractivity contribution in [1.29, 1.82) is 0 Å². The summed E-state index contributed by atoms with van der Waals surface area (Å²) < 4.78 is 13.8. The molecule has 0 aliphatic heterocycles. The minimum Gasteiger partial charge on any atom is -0.310 e. The van der Waals surface area contributed by atoms with Crippen LogP contribution in [0.25, 0.3) is 0 Å². The summed E-state index contributed by atoms with van der Waals surface area (Å²) in [4.78, 5) is 0. The van der Waals surface area contributed by atoms with Gasteiger partial charge in [0.1, 0.15) is 5.82 Å². The second-order valence-electron chi connectivity index (χ2n) is 6.52. The first-order valence-electron chi connectivity index (χ1n) is 8.03. The molecule has 1 atom stereocenters. The molecule has 0 saturated heterocycles. The number of rotatable bonds is 4. The minimum atomic E-state index is -0.0544. The van der Waals surface area contributed by atoms with Crippen LogP contribution in [0.5, 0.6) is 0 Å². The number of hydrogen-bond donors (Lipinski definition) is 1. The molecule has 0 radical (unpaired) electrons. The van der Waals surface area contributed by atoms with Gasteiger partial charge in [0.15, 0.2) is 0 Å². The van der Waals surface area contributed by atoms with E-state index >= 15 is 0 Å². The van der Waals surface area contributed by atoms with E-state index in [1.807, 2.05) is 26.0 Å². The van der Waals surface area contributed by atoms with Crippen molar-refractivity contribution in [2.24, 2.45) is 11.8 Å². The lowest BCUT2D eigenvalue weighted by atomic mass is 9.77. The Balaban J connectivity index is 2.24. The third-order valence-electron chi connectivity index (χ3n) is 4.77. The maximum Gasteiger partial charge on any atom is 0.129 e. The Morgan fingerprint density at radius 1 is 1.15 bits per heavy atom. The molecule has 0 amide bonds. The van der Waals surface area contributed by atoms with Gasteiger partial charge < -0.3 is 5.32 Å². The molecule has 0 aromatic heterocycles. The molecule has 1 nitrogen and oxygen atoms in total. The molecule has 20 heavy (non-hydrogen) atoms. The van der Waals surface area contributed by atoms with E-state index in [9.17, 15) is 4.39 Å². The first-order valence-corrected chi connectivity index (χ1v) is 8.03. The van der Waals surface area contributed by atoms with E-state index in [0.717, 1.165) is 23.6 Å². The summed E-state index contributed by atoms with van der Waals surface area (Å²) in [6, 6.07) is 4.45. The van der Waals surface area contributed by atoms with Crippen LogP contribution in [0, 0.1) is 31.5 Å². The van der Waals surface area contributed by atoms with Crippen molar-refractivity contribution in [3.8, 4) is 0 Å². The van der Waals surface area contributed by atoms with Crippen molar-refractivity contribution in [1.82, 2.24) is 5.32 Å². The SMILES string of the molecule is CCNC(c1cc(C)c(F)c(C)c1)C1CCC(C)CC1. The number of halogens is 1. The van der Waals surface area contributed by atoms with Gasteiger partial charge in [0.2, 0.25) is 0 Å². The van der Waals surface area contributed by atoms with Crippen LogP contribution in [0.4, 0.5) is 4.39 Å². The van der Waals surface area contributed by atoms with E-state index in [0.29, 0.717) is 12.0 Å². The summed E-state index contributed by atoms with van der Waals surface area (Å²) in [5, 5.41) is 3.63. The fourth-order valence-electron chi connectivity index (χ4n) is 3.55. The summed E-state index contributed by atoms with van der Waals surface area (Å²) >= 11 is 0. The average Bonchev–Trinajstić information content (AvgIpc) is 2.43. The zero-order valence-corrected chi connectivity index (χ0v) is 13.3. The van der Waals surface area contributed by atoms with Crippen LogP contribution in [-0.2, 0) is 0 Å². The third kappa shape index (κ3) is 3.41. The first kappa shape index (κ1) is 15.5. The van der Waals surface area contributed by atoms with Gasteiger partial charge in [0.25, 0.3) is 0 Å². The molecule has 1 aliphatic rings. The van der Waals surface area contributed by atoms with E-state index in [1.165, 1.54) is 31.2 Å². The molecular weight excluding hydrogens is 249 g/mol. The summed E-state index contributed by atoms with van der Waals surface area (Å²) in [6.07, 6.45) is 5.22. The maximum atomic E-state index is 13.8. The van der Waals surface area contributed by atoms with Gasteiger partial charge in [-0.2, -0.15) is 0 Å². The first-order chi connectivity index (χ1) is 9.52. The number of aryl methyl sites for hydroxylation is 2. The molecule has 1 unspecified atom stereocenters. The van der Waals surface area contributed by atoms with Crippen molar-refractivity contribution in [3.63, 3.8) is 0 Å². The zero-order valence-electron chi connectivity index (χ0n) is 13.3. The molecule has 1 aromatic rings. The number of nitrogens with one attached hydrogen (secondary N) is 1. The smallest absolute Gasteiger partial charge is 0.129 e. The topological polar surface area (TPSA) is 12.0 Å². The molecular formula is C18H28FN. The fourth-order valence-corrected chi connectivity index (χ4v) is 3.55. The van der Waals surface area contributed by atoms with Crippen LogP contribution in [0.3, 0.4) is 0 Å². The normalized spacial score (nSPS) is 24.6. The monoisotopic (exact) mass is 277 g/mol. The lowest BCUT2D eigenvalue weighted by molar-refractivity contribution is 0.233. The summed E-state index contributed by atoms with van der Waals surface area (Å²) in [6.45, 7) is 9.22. The molecule has 112 valence electrons. The zero-order chi connectivity index (χ0) is 14.7. The Bertz CT molecular complexity index is 424. The molecule has 0 bridgehead atoms. The van der Waals surface area contributed by atoms with Crippen LogP contribution in [-0.4, -0.2) is 6.54 Å². The van der Waals surface area contributed by atoms with Gasteiger partial charge in [-0.1, -0.05) is 38.8 Å². The molecule has 0 heterocycles. The number of benzene rings is 1. The Morgan fingerprint density at radius 3 is 2.20 bits per heavy atom. The van der Waals surface area contributed by atoms with Gasteiger partial charge in [-0.15, -0.1) is 0 Å². The lowest BCUT2D eigenvalue weighted by Gasteiger charge is -2.34.